The molecule has 1 aromatic carbocycles. The van der Waals surface area contributed by atoms with Gasteiger partial charge in [0.1, 0.15) is 0 Å². The van der Waals surface area contributed by atoms with Crippen molar-refractivity contribution in [2.24, 2.45) is 11.8 Å². The lowest BCUT2D eigenvalue weighted by atomic mass is 10.1. The van der Waals surface area contributed by atoms with Crippen LogP contribution < -0.4 is 10.2 Å². The van der Waals surface area contributed by atoms with Crippen LogP contribution in [0.4, 0.5) is 5.69 Å². The van der Waals surface area contributed by atoms with E-state index < -0.39 is 0 Å². The Labute approximate surface area is 138 Å². The summed E-state index contributed by atoms with van der Waals surface area (Å²) in [6, 6.07) is 11.2. The summed E-state index contributed by atoms with van der Waals surface area (Å²) >= 11 is 0. The molecule has 1 N–H and O–H groups in total. The molecule has 0 bridgehead atoms. The number of carbonyl (C=O) groups excluding carboxylic acids is 1. The van der Waals surface area contributed by atoms with E-state index in [0.29, 0.717) is 6.04 Å². The lowest BCUT2D eigenvalue weighted by Gasteiger charge is -2.23. The first kappa shape index (κ1) is 14.8. The molecule has 0 unspecified atom stereocenters. The van der Waals surface area contributed by atoms with Crippen molar-refractivity contribution < 1.29 is 4.79 Å². The van der Waals surface area contributed by atoms with Gasteiger partial charge in [0.15, 0.2) is 0 Å². The van der Waals surface area contributed by atoms with Gasteiger partial charge in [-0.25, -0.2) is 0 Å². The number of carbonyl (C=O) groups is 1. The van der Waals surface area contributed by atoms with Gasteiger partial charge in [0.05, 0.1) is 0 Å². The van der Waals surface area contributed by atoms with E-state index in [1.54, 1.807) is 0 Å². The highest BCUT2D eigenvalue weighted by atomic mass is 16.1. The molecule has 1 aromatic rings. The highest BCUT2D eigenvalue weighted by molar-refractivity contribution is 5.89. The van der Waals surface area contributed by atoms with Crippen molar-refractivity contribution in [1.29, 1.82) is 0 Å². The van der Waals surface area contributed by atoms with Crippen LogP contribution in [-0.2, 0) is 4.79 Å². The number of para-hydroxylation sites is 1. The van der Waals surface area contributed by atoms with E-state index in [1.807, 2.05) is 12.1 Å². The Kier molecular flexibility index (Phi) is 3.88. The van der Waals surface area contributed by atoms with Crippen LogP contribution in [0.3, 0.4) is 0 Å². The number of amides is 1. The van der Waals surface area contributed by atoms with Gasteiger partial charge in [-0.1, -0.05) is 23.8 Å². The molecular formula is C20H26N2O. The molecule has 3 nitrogen and oxygen atoms in total. The maximum absolute atomic E-state index is 12.4. The maximum atomic E-state index is 12.4. The predicted octanol–water partition coefficient (Wildman–Crippen LogP) is 3.52. The Bertz CT molecular complexity index is 587. The molecule has 1 saturated heterocycles. The fourth-order valence-corrected chi connectivity index (χ4v) is 3.91. The van der Waals surface area contributed by atoms with E-state index in [4.69, 9.17) is 0 Å². The molecule has 23 heavy (non-hydrogen) atoms. The minimum absolute atomic E-state index is 0.130. The molecule has 1 aliphatic heterocycles. The van der Waals surface area contributed by atoms with Gasteiger partial charge >= 0.3 is 0 Å². The molecule has 1 heterocycles. The standard InChI is InChI=1S/C20H26N2O/c1-14-11-17(13-22(14)18-5-3-2-4-6-18)21-20(23)12-19(15-7-8-15)16-9-10-16/h2-6,12,14-17H,7-11,13H2,1H3,(H,21,23)/t14-,17-/m1/s1. The number of hydrogen-bond acceptors (Lipinski definition) is 2. The summed E-state index contributed by atoms with van der Waals surface area (Å²) in [5, 5.41) is 3.25. The monoisotopic (exact) mass is 310 g/mol. The fourth-order valence-electron chi connectivity index (χ4n) is 3.91. The molecular weight excluding hydrogens is 284 g/mol. The highest BCUT2D eigenvalue weighted by Gasteiger charge is 2.37. The van der Waals surface area contributed by atoms with E-state index in [1.165, 1.54) is 36.9 Å². The zero-order chi connectivity index (χ0) is 15.8. The molecule has 0 aromatic heterocycles. The second-order valence-electron chi connectivity index (χ2n) is 7.47. The summed E-state index contributed by atoms with van der Waals surface area (Å²) in [6.07, 6.45) is 8.12. The number of allylic oxidation sites excluding steroid dienone is 1. The van der Waals surface area contributed by atoms with Gasteiger partial charge < -0.3 is 10.2 Å². The summed E-state index contributed by atoms with van der Waals surface area (Å²) in [5.41, 5.74) is 2.69. The van der Waals surface area contributed by atoms with Gasteiger partial charge in [-0.3, -0.25) is 4.79 Å². The van der Waals surface area contributed by atoms with Crippen molar-refractivity contribution in [2.75, 3.05) is 11.4 Å². The molecule has 2 saturated carbocycles. The van der Waals surface area contributed by atoms with Crippen molar-refractivity contribution in [1.82, 2.24) is 5.32 Å². The maximum Gasteiger partial charge on any atom is 0.244 e. The quantitative estimate of drug-likeness (QED) is 0.844. The lowest BCUT2D eigenvalue weighted by Crippen LogP contribution is -2.36. The highest BCUT2D eigenvalue weighted by Crippen LogP contribution is 2.48. The van der Waals surface area contributed by atoms with E-state index in [-0.39, 0.29) is 11.9 Å². The van der Waals surface area contributed by atoms with Gasteiger partial charge in [0.2, 0.25) is 5.91 Å². The van der Waals surface area contributed by atoms with Gasteiger partial charge in [0, 0.05) is 30.4 Å². The first-order valence-corrected chi connectivity index (χ1v) is 9.04. The molecule has 1 amide bonds. The largest absolute Gasteiger partial charge is 0.367 e. The Morgan fingerprint density at radius 3 is 2.39 bits per heavy atom. The number of anilines is 1. The Hall–Kier alpha value is -1.77. The summed E-state index contributed by atoms with van der Waals surface area (Å²) < 4.78 is 0. The fraction of sp³-hybridized carbons (Fsp3) is 0.550. The molecule has 2 atom stereocenters. The third kappa shape index (κ3) is 3.44. The van der Waals surface area contributed by atoms with Crippen LogP contribution in [0.5, 0.6) is 0 Å². The Morgan fingerprint density at radius 1 is 1.13 bits per heavy atom. The van der Waals surface area contributed by atoms with Crippen LogP contribution in [0.2, 0.25) is 0 Å². The Balaban J connectivity index is 1.38. The minimum Gasteiger partial charge on any atom is -0.367 e. The van der Waals surface area contributed by atoms with Crippen LogP contribution in [0.15, 0.2) is 42.0 Å². The van der Waals surface area contributed by atoms with E-state index in [9.17, 15) is 4.79 Å². The normalized spacial score (nSPS) is 26.9. The van der Waals surface area contributed by atoms with Crippen LogP contribution in [0, 0.1) is 11.8 Å². The topological polar surface area (TPSA) is 32.3 Å². The third-order valence-corrected chi connectivity index (χ3v) is 5.40. The summed E-state index contributed by atoms with van der Waals surface area (Å²) in [7, 11) is 0. The third-order valence-electron chi connectivity index (χ3n) is 5.40. The number of nitrogens with zero attached hydrogens (tertiary/aromatic N) is 1. The average molecular weight is 310 g/mol. The molecule has 3 fully saturated rings. The zero-order valence-electron chi connectivity index (χ0n) is 13.9. The van der Waals surface area contributed by atoms with Crippen molar-refractivity contribution in [3.63, 3.8) is 0 Å². The molecule has 4 rings (SSSR count). The van der Waals surface area contributed by atoms with Gasteiger partial charge in [-0.2, -0.15) is 0 Å². The number of rotatable bonds is 5. The first-order chi connectivity index (χ1) is 11.2. The van der Waals surface area contributed by atoms with Crippen molar-refractivity contribution in [3.05, 3.63) is 42.0 Å². The van der Waals surface area contributed by atoms with Crippen LogP contribution >= 0.6 is 0 Å². The number of hydrogen-bond donors (Lipinski definition) is 1. The summed E-state index contributed by atoms with van der Waals surface area (Å²) in [6.45, 7) is 3.15. The molecule has 0 radical (unpaired) electrons. The van der Waals surface area contributed by atoms with Gasteiger partial charge in [-0.05, 0) is 63.0 Å². The lowest BCUT2D eigenvalue weighted by molar-refractivity contribution is -0.117. The van der Waals surface area contributed by atoms with Crippen molar-refractivity contribution in [2.45, 2.75) is 51.1 Å². The van der Waals surface area contributed by atoms with E-state index in [0.717, 1.165) is 24.8 Å². The number of benzene rings is 1. The predicted molar refractivity (Wildman–Crippen MR) is 93.3 cm³/mol. The minimum atomic E-state index is 0.130. The number of nitrogens with one attached hydrogen (secondary N) is 1. The van der Waals surface area contributed by atoms with E-state index >= 15 is 0 Å². The van der Waals surface area contributed by atoms with Crippen LogP contribution in [0.25, 0.3) is 0 Å². The van der Waals surface area contributed by atoms with Crippen molar-refractivity contribution >= 4 is 11.6 Å². The second kappa shape index (κ2) is 6.03. The molecule has 3 heteroatoms. The van der Waals surface area contributed by atoms with Crippen LogP contribution in [-0.4, -0.2) is 24.5 Å². The molecule has 122 valence electrons. The van der Waals surface area contributed by atoms with Gasteiger partial charge in [0.25, 0.3) is 0 Å². The SMILES string of the molecule is C[C@@H]1C[C@@H](NC(=O)C=C(C2CC2)C2CC2)CN1c1ccccc1. The summed E-state index contributed by atoms with van der Waals surface area (Å²) in [4.78, 5) is 14.8. The Morgan fingerprint density at radius 2 is 1.78 bits per heavy atom. The second-order valence-corrected chi connectivity index (χ2v) is 7.47. The van der Waals surface area contributed by atoms with Gasteiger partial charge in [-0.15, -0.1) is 0 Å². The zero-order valence-corrected chi connectivity index (χ0v) is 13.9. The van der Waals surface area contributed by atoms with E-state index in [2.05, 4.69) is 41.4 Å². The average Bonchev–Trinajstić information content (AvgIpc) is 3.45. The molecule has 0 spiro atoms. The van der Waals surface area contributed by atoms with Crippen LogP contribution in [0.1, 0.15) is 39.0 Å². The summed E-state index contributed by atoms with van der Waals surface area (Å²) in [5.74, 6) is 1.57. The molecule has 3 aliphatic rings. The smallest absolute Gasteiger partial charge is 0.244 e. The van der Waals surface area contributed by atoms with Crippen molar-refractivity contribution in [3.8, 4) is 0 Å². The molecule has 2 aliphatic carbocycles. The first-order valence-electron chi connectivity index (χ1n) is 9.04.